The molecular formula is C18H17ClN2O5S. The Bertz CT molecular complexity index is 1000. The predicted octanol–water partition coefficient (Wildman–Crippen LogP) is 2.91. The molecule has 1 heterocycles. The van der Waals surface area contributed by atoms with Gasteiger partial charge < -0.3 is 10.1 Å². The molecule has 0 bridgehead atoms. The van der Waals surface area contributed by atoms with Gasteiger partial charge >= 0.3 is 0 Å². The van der Waals surface area contributed by atoms with E-state index >= 15 is 0 Å². The third kappa shape index (κ3) is 3.77. The summed E-state index contributed by atoms with van der Waals surface area (Å²) < 4.78 is 30.3. The second kappa shape index (κ2) is 7.21. The van der Waals surface area contributed by atoms with E-state index in [-0.39, 0.29) is 22.0 Å². The molecule has 0 saturated carbocycles. The number of carbonyl (C=O) groups excluding carboxylic acids is 2. The maximum atomic E-state index is 12.5. The van der Waals surface area contributed by atoms with Gasteiger partial charge in [0, 0.05) is 11.3 Å². The van der Waals surface area contributed by atoms with Crippen molar-refractivity contribution in [1.29, 1.82) is 0 Å². The Hall–Kier alpha value is -2.58. The summed E-state index contributed by atoms with van der Waals surface area (Å²) >= 11 is 6.11. The molecule has 7 nitrogen and oxygen atoms in total. The van der Waals surface area contributed by atoms with Gasteiger partial charge in [-0.05, 0) is 42.5 Å². The first kappa shape index (κ1) is 19.2. The summed E-state index contributed by atoms with van der Waals surface area (Å²) in [5.74, 6) is -1.33. The Morgan fingerprint density at radius 2 is 1.89 bits per heavy atom. The van der Waals surface area contributed by atoms with E-state index in [1.54, 1.807) is 24.3 Å². The van der Waals surface area contributed by atoms with Crippen LogP contribution in [-0.4, -0.2) is 33.1 Å². The largest absolute Gasteiger partial charge is 0.497 e. The first-order chi connectivity index (χ1) is 12.7. The molecule has 1 fully saturated rings. The molecule has 2 amide bonds. The molecule has 1 aliphatic heterocycles. The quantitative estimate of drug-likeness (QED) is 0.839. The van der Waals surface area contributed by atoms with Crippen molar-refractivity contribution in [3.8, 4) is 5.75 Å². The highest BCUT2D eigenvalue weighted by Gasteiger charge is 2.43. The lowest BCUT2D eigenvalue weighted by Crippen LogP contribution is -2.30. The van der Waals surface area contributed by atoms with Crippen molar-refractivity contribution in [1.82, 2.24) is 0 Å². The number of anilines is 2. The minimum atomic E-state index is -3.82. The van der Waals surface area contributed by atoms with E-state index in [4.69, 9.17) is 16.3 Å². The number of ether oxygens (including phenoxy) is 1. The van der Waals surface area contributed by atoms with E-state index in [0.29, 0.717) is 15.7 Å². The SMILES string of the molecule is COc1ccc(NC(=O)c2ccc(Cl)c(N3C(=O)C(C)CS3(=O)=O)c2)cc1. The predicted molar refractivity (Wildman–Crippen MR) is 103 cm³/mol. The summed E-state index contributed by atoms with van der Waals surface area (Å²) in [6, 6.07) is 10.9. The molecule has 0 spiro atoms. The van der Waals surface area contributed by atoms with E-state index < -0.39 is 27.8 Å². The molecule has 142 valence electrons. The number of rotatable bonds is 4. The summed E-state index contributed by atoms with van der Waals surface area (Å²) in [5, 5.41) is 2.77. The van der Waals surface area contributed by atoms with E-state index in [1.807, 2.05) is 0 Å². The third-order valence-corrected chi connectivity index (χ3v) is 6.31. The van der Waals surface area contributed by atoms with Gasteiger partial charge in [0.25, 0.3) is 5.91 Å². The maximum absolute atomic E-state index is 12.5. The van der Waals surface area contributed by atoms with Gasteiger partial charge in [0.05, 0.1) is 29.5 Å². The number of amides is 2. The van der Waals surface area contributed by atoms with Gasteiger partial charge in [-0.15, -0.1) is 0 Å². The minimum Gasteiger partial charge on any atom is -0.497 e. The van der Waals surface area contributed by atoms with E-state index in [0.717, 1.165) is 0 Å². The van der Waals surface area contributed by atoms with Crippen LogP contribution in [0, 0.1) is 5.92 Å². The second-order valence-electron chi connectivity index (χ2n) is 6.13. The summed E-state index contributed by atoms with van der Waals surface area (Å²) in [6.07, 6.45) is 0. The van der Waals surface area contributed by atoms with E-state index in [1.165, 1.54) is 32.2 Å². The van der Waals surface area contributed by atoms with E-state index in [2.05, 4.69) is 5.32 Å². The molecule has 0 aliphatic carbocycles. The average Bonchev–Trinajstić information content (AvgIpc) is 2.83. The molecule has 0 aromatic heterocycles. The van der Waals surface area contributed by atoms with Crippen LogP contribution in [0.3, 0.4) is 0 Å². The summed E-state index contributed by atoms with van der Waals surface area (Å²) in [4.78, 5) is 24.8. The summed E-state index contributed by atoms with van der Waals surface area (Å²) in [6.45, 7) is 1.54. The first-order valence-corrected chi connectivity index (χ1v) is 10.0. The topological polar surface area (TPSA) is 92.8 Å². The van der Waals surface area contributed by atoms with Crippen molar-refractivity contribution in [2.75, 3.05) is 22.5 Å². The Morgan fingerprint density at radius 3 is 2.44 bits per heavy atom. The van der Waals surface area contributed by atoms with Crippen molar-refractivity contribution in [2.45, 2.75) is 6.92 Å². The minimum absolute atomic E-state index is 0.0200. The first-order valence-electron chi connectivity index (χ1n) is 8.05. The zero-order valence-corrected chi connectivity index (χ0v) is 16.2. The lowest BCUT2D eigenvalue weighted by Gasteiger charge is -2.17. The highest BCUT2D eigenvalue weighted by molar-refractivity contribution is 7.94. The van der Waals surface area contributed by atoms with Crippen molar-refractivity contribution < 1.29 is 22.7 Å². The number of sulfonamides is 1. The van der Waals surface area contributed by atoms with Crippen molar-refractivity contribution in [3.05, 3.63) is 53.1 Å². The normalized spacial score (nSPS) is 18.4. The number of hydrogen-bond donors (Lipinski definition) is 1. The number of carbonyl (C=O) groups is 2. The maximum Gasteiger partial charge on any atom is 0.255 e. The van der Waals surface area contributed by atoms with Crippen molar-refractivity contribution in [3.63, 3.8) is 0 Å². The molecular weight excluding hydrogens is 392 g/mol. The van der Waals surface area contributed by atoms with Crippen LogP contribution in [0.1, 0.15) is 17.3 Å². The van der Waals surface area contributed by atoms with E-state index in [9.17, 15) is 18.0 Å². The Labute approximate surface area is 161 Å². The number of nitrogens with one attached hydrogen (secondary N) is 1. The molecule has 27 heavy (non-hydrogen) atoms. The molecule has 0 radical (unpaired) electrons. The van der Waals surface area contributed by atoms with Crippen LogP contribution in [0.2, 0.25) is 5.02 Å². The van der Waals surface area contributed by atoms with Crippen LogP contribution in [0.5, 0.6) is 5.75 Å². The van der Waals surface area contributed by atoms with Gasteiger partial charge in [-0.3, -0.25) is 9.59 Å². The zero-order chi connectivity index (χ0) is 19.8. The Balaban J connectivity index is 1.90. The average molecular weight is 409 g/mol. The van der Waals surface area contributed by atoms with Crippen LogP contribution in [0.15, 0.2) is 42.5 Å². The Kier molecular flexibility index (Phi) is 5.12. The number of nitrogens with zero attached hydrogens (tertiary/aromatic N) is 1. The fourth-order valence-corrected chi connectivity index (χ4v) is 4.84. The smallest absolute Gasteiger partial charge is 0.255 e. The fraction of sp³-hybridized carbons (Fsp3) is 0.222. The molecule has 3 rings (SSSR count). The molecule has 9 heteroatoms. The third-order valence-electron chi connectivity index (χ3n) is 4.14. The summed E-state index contributed by atoms with van der Waals surface area (Å²) in [5.41, 5.74) is 0.692. The van der Waals surface area contributed by atoms with Crippen LogP contribution in [0.25, 0.3) is 0 Å². The molecule has 1 N–H and O–H groups in total. The number of hydrogen-bond acceptors (Lipinski definition) is 5. The van der Waals surface area contributed by atoms with Gasteiger partial charge in [-0.1, -0.05) is 18.5 Å². The fourth-order valence-electron chi connectivity index (χ4n) is 2.75. The highest BCUT2D eigenvalue weighted by atomic mass is 35.5. The van der Waals surface area contributed by atoms with Crippen LogP contribution < -0.4 is 14.4 Å². The standard InChI is InChI=1S/C18H17ClN2O5S/c1-11-10-27(24,25)21(18(11)23)16-9-12(3-8-15(16)19)17(22)20-13-4-6-14(26-2)7-5-13/h3-9,11H,10H2,1-2H3,(H,20,22). The molecule has 1 aliphatic rings. The molecule has 2 aromatic rings. The number of methoxy groups -OCH3 is 1. The van der Waals surface area contributed by atoms with Crippen molar-refractivity contribution >= 4 is 44.8 Å². The number of halogens is 1. The van der Waals surface area contributed by atoms with Gasteiger partial charge in [0.2, 0.25) is 15.9 Å². The van der Waals surface area contributed by atoms with Gasteiger partial charge in [0.1, 0.15) is 5.75 Å². The second-order valence-corrected chi connectivity index (χ2v) is 8.40. The van der Waals surface area contributed by atoms with Crippen LogP contribution in [-0.2, 0) is 14.8 Å². The molecule has 1 unspecified atom stereocenters. The molecule has 1 saturated heterocycles. The van der Waals surface area contributed by atoms with Crippen LogP contribution >= 0.6 is 11.6 Å². The lowest BCUT2D eigenvalue weighted by atomic mass is 10.1. The lowest BCUT2D eigenvalue weighted by molar-refractivity contribution is -0.119. The van der Waals surface area contributed by atoms with Gasteiger partial charge in [0.15, 0.2) is 0 Å². The van der Waals surface area contributed by atoms with Crippen molar-refractivity contribution in [2.24, 2.45) is 5.92 Å². The zero-order valence-electron chi connectivity index (χ0n) is 14.6. The monoisotopic (exact) mass is 408 g/mol. The number of benzene rings is 2. The summed E-state index contributed by atoms with van der Waals surface area (Å²) in [7, 11) is -2.28. The highest BCUT2D eigenvalue weighted by Crippen LogP contribution is 2.34. The van der Waals surface area contributed by atoms with Gasteiger partial charge in [-0.2, -0.15) is 0 Å². The van der Waals surface area contributed by atoms with Gasteiger partial charge in [-0.25, -0.2) is 12.7 Å². The Morgan fingerprint density at radius 1 is 1.22 bits per heavy atom. The molecule has 2 aromatic carbocycles. The molecule has 1 atom stereocenters. The van der Waals surface area contributed by atoms with Crippen LogP contribution in [0.4, 0.5) is 11.4 Å².